The Hall–Kier alpha value is -1.57. The highest BCUT2D eigenvalue weighted by Gasteiger charge is 2.37. The van der Waals surface area contributed by atoms with Gasteiger partial charge in [0.25, 0.3) is 10.2 Å². The summed E-state index contributed by atoms with van der Waals surface area (Å²) in [5, 5.41) is 0. The minimum atomic E-state index is -3.77. The van der Waals surface area contributed by atoms with Gasteiger partial charge in [-0.15, -0.1) is 0 Å². The van der Waals surface area contributed by atoms with Crippen molar-refractivity contribution in [2.75, 3.05) is 52.9 Å². The van der Waals surface area contributed by atoms with Crippen LogP contribution in [0, 0.1) is 0 Å². The molecular formula is C19H30N4O6S2. The van der Waals surface area contributed by atoms with Gasteiger partial charge in [0.2, 0.25) is 15.9 Å². The van der Waals surface area contributed by atoms with Crippen LogP contribution in [0.15, 0.2) is 35.2 Å². The maximum atomic E-state index is 13.0. The Bertz CT molecular complexity index is 968. The van der Waals surface area contributed by atoms with Crippen molar-refractivity contribution in [2.24, 2.45) is 0 Å². The molecule has 2 saturated heterocycles. The lowest BCUT2D eigenvalue weighted by Gasteiger charge is -2.40. The molecule has 3 rings (SSSR count). The number of ether oxygens (including phenoxy) is 1. The molecule has 0 radical (unpaired) electrons. The Morgan fingerprint density at radius 1 is 0.968 bits per heavy atom. The van der Waals surface area contributed by atoms with Gasteiger partial charge < -0.3 is 9.64 Å². The molecule has 0 bridgehead atoms. The van der Waals surface area contributed by atoms with Gasteiger partial charge in [0.15, 0.2) is 0 Å². The quantitative estimate of drug-likeness (QED) is 0.565. The third-order valence-corrected chi connectivity index (χ3v) is 9.23. The predicted octanol–water partition coefficient (Wildman–Crippen LogP) is -0.195. The van der Waals surface area contributed by atoms with Crippen LogP contribution < -0.4 is 0 Å². The lowest BCUT2D eigenvalue weighted by atomic mass is 10.3. The van der Waals surface area contributed by atoms with E-state index >= 15 is 0 Å². The molecule has 31 heavy (non-hydrogen) atoms. The summed E-state index contributed by atoms with van der Waals surface area (Å²) in [5.74, 6) is -0.354. The number of carbonyl (C=O) groups excluding carboxylic acids is 1. The number of rotatable bonds is 6. The fraction of sp³-hybridized carbons (Fsp3) is 0.632. The zero-order valence-electron chi connectivity index (χ0n) is 18.0. The van der Waals surface area contributed by atoms with Gasteiger partial charge in [0.1, 0.15) is 0 Å². The first-order valence-electron chi connectivity index (χ1n) is 10.2. The second kappa shape index (κ2) is 9.51. The molecule has 12 heteroatoms. The summed E-state index contributed by atoms with van der Waals surface area (Å²) in [7, 11) is -6.05. The summed E-state index contributed by atoms with van der Waals surface area (Å²) in [6.45, 7) is 4.75. The average molecular weight is 475 g/mol. The van der Waals surface area contributed by atoms with Crippen LogP contribution >= 0.6 is 0 Å². The summed E-state index contributed by atoms with van der Waals surface area (Å²) in [6.07, 6.45) is -0.355. The van der Waals surface area contributed by atoms with E-state index in [1.807, 2.05) is 13.8 Å². The number of hydrogen-bond acceptors (Lipinski definition) is 6. The molecular weight excluding hydrogens is 444 g/mol. The average Bonchev–Trinajstić information content (AvgIpc) is 2.73. The molecule has 174 valence electrons. The Morgan fingerprint density at radius 2 is 1.52 bits per heavy atom. The monoisotopic (exact) mass is 474 g/mol. The Labute approximate surface area is 184 Å². The fourth-order valence-electron chi connectivity index (χ4n) is 3.80. The van der Waals surface area contributed by atoms with Crippen LogP contribution in [-0.2, 0) is 29.8 Å². The zero-order valence-corrected chi connectivity index (χ0v) is 19.7. The molecule has 10 nitrogen and oxygen atoms in total. The molecule has 0 spiro atoms. The van der Waals surface area contributed by atoms with E-state index in [1.54, 1.807) is 18.2 Å². The third-order valence-electron chi connectivity index (χ3n) is 5.44. The first kappa shape index (κ1) is 24.1. The Morgan fingerprint density at radius 3 is 2.06 bits per heavy atom. The largest absolute Gasteiger partial charge is 0.373 e. The zero-order chi connectivity index (χ0) is 22.8. The van der Waals surface area contributed by atoms with E-state index in [0.29, 0.717) is 13.1 Å². The number of hydrogen-bond donors (Lipinski definition) is 0. The van der Waals surface area contributed by atoms with Gasteiger partial charge in [-0.25, -0.2) is 8.42 Å². The Balaban J connectivity index is 1.57. The lowest BCUT2D eigenvalue weighted by molar-refractivity contribution is -0.132. The SMILES string of the molecule is CC1CN(S(=O)(=O)N2CCN(C(=O)CN(C)S(=O)(=O)c3ccccc3)CC2)CC(C)O1. The fourth-order valence-corrected chi connectivity index (χ4v) is 6.69. The molecule has 0 aromatic heterocycles. The molecule has 1 amide bonds. The number of nitrogens with zero attached hydrogens (tertiary/aromatic N) is 4. The van der Waals surface area contributed by atoms with Gasteiger partial charge in [-0.1, -0.05) is 18.2 Å². The summed E-state index contributed by atoms with van der Waals surface area (Å²) in [5.41, 5.74) is 0. The number of benzene rings is 1. The maximum absolute atomic E-state index is 13.0. The smallest absolute Gasteiger partial charge is 0.282 e. The highest BCUT2D eigenvalue weighted by Crippen LogP contribution is 2.19. The van der Waals surface area contributed by atoms with Crippen LogP contribution in [0.1, 0.15) is 13.8 Å². The summed E-state index contributed by atoms with van der Waals surface area (Å²) < 4.78 is 60.6. The number of piperazine rings is 1. The van der Waals surface area contributed by atoms with Crippen LogP contribution in [-0.4, -0.2) is 106 Å². The van der Waals surface area contributed by atoms with Gasteiger partial charge in [-0.3, -0.25) is 4.79 Å². The van der Waals surface area contributed by atoms with E-state index in [9.17, 15) is 21.6 Å². The van der Waals surface area contributed by atoms with Crippen molar-refractivity contribution in [1.29, 1.82) is 0 Å². The molecule has 2 fully saturated rings. The molecule has 2 unspecified atom stereocenters. The summed E-state index contributed by atoms with van der Waals surface area (Å²) in [4.78, 5) is 14.3. The Kier molecular flexibility index (Phi) is 7.39. The van der Waals surface area contributed by atoms with E-state index in [-0.39, 0.29) is 55.7 Å². The number of amides is 1. The molecule has 0 aliphatic carbocycles. The van der Waals surface area contributed by atoms with E-state index in [1.165, 1.54) is 32.7 Å². The first-order chi connectivity index (χ1) is 14.5. The second-order valence-electron chi connectivity index (χ2n) is 7.94. The van der Waals surface area contributed by atoms with Crippen molar-refractivity contribution in [3.05, 3.63) is 30.3 Å². The van der Waals surface area contributed by atoms with E-state index in [0.717, 1.165) is 4.31 Å². The van der Waals surface area contributed by atoms with E-state index in [2.05, 4.69) is 0 Å². The van der Waals surface area contributed by atoms with Crippen LogP contribution in [0.2, 0.25) is 0 Å². The maximum Gasteiger partial charge on any atom is 0.282 e. The van der Waals surface area contributed by atoms with Crippen molar-refractivity contribution in [2.45, 2.75) is 31.0 Å². The predicted molar refractivity (Wildman–Crippen MR) is 115 cm³/mol. The van der Waals surface area contributed by atoms with Gasteiger partial charge in [-0.2, -0.15) is 21.3 Å². The highest BCUT2D eigenvalue weighted by atomic mass is 32.2. The second-order valence-corrected chi connectivity index (χ2v) is 11.9. The normalized spacial score (nSPS) is 24.5. The van der Waals surface area contributed by atoms with Crippen LogP contribution in [0.4, 0.5) is 0 Å². The molecule has 2 aliphatic rings. The van der Waals surface area contributed by atoms with Crippen molar-refractivity contribution in [3.8, 4) is 0 Å². The van der Waals surface area contributed by atoms with Crippen LogP contribution in [0.25, 0.3) is 0 Å². The number of carbonyl (C=O) groups is 1. The van der Waals surface area contributed by atoms with Crippen molar-refractivity contribution in [1.82, 2.24) is 17.8 Å². The van der Waals surface area contributed by atoms with Gasteiger partial charge in [-0.05, 0) is 26.0 Å². The molecule has 1 aromatic rings. The van der Waals surface area contributed by atoms with Crippen LogP contribution in [0.5, 0.6) is 0 Å². The van der Waals surface area contributed by atoms with Crippen molar-refractivity contribution < 1.29 is 26.4 Å². The van der Waals surface area contributed by atoms with E-state index < -0.39 is 20.2 Å². The lowest BCUT2D eigenvalue weighted by Crippen LogP contribution is -2.58. The number of sulfonamides is 1. The first-order valence-corrected chi connectivity index (χ1v) is 13.1. The summed E-state index contributed by atoms with van der Waals surface area (Å²) in [6, 6.07) is 7.92. The molecule has 2 heterocycles. The van der Waals surface area contributed by atoms with E-state index in [4.69, 9.17) is 4.74 Å². The van der Waals surface area contributed by atoms with Crippen molar-refractivity contribution >= 4 is 26.1 Å². The van der Waals surface area contributed by atoms with Gasteiger partial charge in [0, 0.05) is 46.3 Å². The number of morpholine rings is 1. The molecule has 0 N–H and O–H groups in total. The van der Waals surface area contributed by atoms with Gasteiger partial charge in [0.05, 0.1) is 23.6 Å². The highest BCUT2D eigenvalue weighted by molar-refractivity contribution is 7.89. The molecule has 0 saturated carbocycles. The minimum Gasteiger partial charge on any atom is -0.373 e. The minimum absolute atomic E-state index is 0.121. The van der Waals surface area contributed by atoms with Crippen molar-refractivity contribution in [3.63, 3.8) is 0 Å². The molecule has 2 atom stereocenters. The standard InChI is InChI=1S/C19H30N4O6S2/c1-16-13-23(14-17(2)29-16)31(27,28)22-11-9-21(10-12-22)19(24)15-20(3)30(25,26)18-7-5-4-6-8-18/h4-8,16-17H,9-15H2,1-3H3. The molecule has 1 aromatic carbocycles. The van der Waals surface area contributed by atoms with Crippen LogP contribution in [0.3, 0.4) is 0 Å². The van der Waals surface area contributed by atoms with Gasteiger partial charge >= 0.3 is 0 Å². The number of likely N-dealkylation sites (N-methyl/N-ethyl adjacent to an activating group) is 1. The topological polar surface area (TPSA) is 108 Å². The summed E-state index contributed by atoms with van der Waals surface area (Å²) >= 11 is 0. The molecule has 2 aliphatic heterocycles. The third kappa shape index (κ3) is 5.44.